The normalized spacial score (nSPS) is 15.0. The number of ether oxygens (including phenoxy) is 1. The van der Waals surface area contributed by atoms with E-state index in [2.05, 4.69) is 16.0 Å². The van der Waals surface area contributed by atoms with Crippen molar-refractivity contribution < 1.29 is 14.3 Å². The molecule has 0 bridgehead atoms. The second-order valence-electron chi connectivity index (χ2n) is 7.41. The molecule has 0 aliphatic carbocycles. The van der Waals surface area contributed by atoms with E-state index < -0.39 is 11.7 Å². The molecule has 0 spiro atoms. The van der Waals surface area contributed by atoms with Crippen LogP contribution in [0.15, 0.2) is 0 Å². The van der Waals surface area contributed by atoms with Crippen LogP contribution >= 0.6 is 0 Å². The molecule has 0 aliphatic rings. The van der Waals surface area contributed by atoms with Crippen LogP contribution in [0.25, 0.3) is 0 Å². The Morgan fingerprint density at radius 1 is 1.05 bits per heavy atom. The van der Waals surface area contributed by atoms with Crippen molar-refractivity contribution in [1.82, 2.24) is 16.0 Å². The molecule has 21 heavy (non-hydrogen) atoms. The molecular weight excluding hydrogens is 270 g/mol. The molecule has 6 heteroatoms. The Bertz CT molecular complexity index is 356. The first-order valence-corrected chi connectivity index (χ1v) is 7.35. The van der Waals surface area contributed by atoms with Crippen LogP contribution in [0.1, 0.15) is 55.4 Å². The van der Waals surface area contributed by atoms with E-state index in [1.807, 2.05) is 48.5 Å². The molecule has 0 saturated carbocycles. The van der Waals surface area contributed by atoms with Gasteiger partial charge in [0.15, 0.2) is 0 Å². The van der Waals surface area contributed by atoms with Gasteiger partial charge in [-0.3, -0.25) is 4.79 Å². The highest BCUT2D eigenvalue weighted by atomic mass is 16.6. The molecule has 0 radical (unpaired) electrons. The first kappa shape index (κ1) is 19.7. The Morgan fingerprint density at radius 2 is 1.57 bits per heavy atom. The number of rotatable bonds is 5. The maximum absolute atomic E-state index is 11.9. The Balaban J connectivity index is 4.12. The van der Waals surface area contributed by atoms with Gasteiger partial charge in [0, 0.05) is 18.1 Å². The molecule has 2 unspecified atom stereocenters. The highest BCUT2D eigenvalue weighted by molar-refractivity contribution is 5.81. The van der Waals surface area contributed by atoms with E-state index in [9.17, 15) is 9.59 Å². The number of alkyl carbamates (subject to hydrolysis) is 1. The van der Waals surface area contributed by atoms with Crippen LogP contribution in [0.4, 0.5) is 4.79 Å². The zero-order valence-electron chi connectivity index (χ0n) is 14.6. The Morgan fingerprint density at radius 3 is 2.00 bits per heavy atom. The van der Waals surface area contributed by atoms with Crippen LogP contribution in [0.2, 0.25) is 0 Å². The van der Waals surface area contributed by atoms with Gasteiger partial charge in [-0.1, -0.05) is 0 Å². The zero-order valence-corrected chi connectivity index (χ0v) is 14.6. The fraction of sp³-hybridized carbons (Fsp3) is 0.867. The zero-order chi connectivity index (χ0) is 16.8. The predicted octanol–water partition coefficient (Wildman–Crippen LogP) is 1.79. The molecule has 0 aromatic carbocycles. The van der Waals surface area contributed by atoms with Crippen LogP contribution in [0.5, 0.6) is 0 Å². The second-order valence-corrected chi connectivity index (χ2v) is 7.41. The predicted molar refractivity (Wildman–Crippen MR) is 84.2 cm³/mol. The number of hydrogen-bond donors (Lipinski definition) is 3. The minimum Gasteiger partial charge on any atom is -0.444 e. The third-order valence-electron chi connectivity index (χ3n) is 2.38. The van der Waals surface area contributed by atoms with Crippen LogP contribution in [0, 0.1) is 0 Å². The molecule has 0 aliphatic heterocycles. The molecule has 0 rings (SSSR count). The largest absolute Gasteiger partial charge is 0.444 e. The number of amides is 2. The summed E-state index contributed by atoms with van der Waals surface area (Å²) in [7, 11) is 0. The molecule has 0 aromatic heterocycles. The first-order valence-electron chi connectivity index (χ1n) is 7.35. The summed E-state index contributed by atoms with van der Waals surface area (Å²) < 4.78 is 5.15. The van der Waals surface area contributed by atoms with E-state index in [1.165, 1.54) is 0 Å². The Labute approximate surface area is 128 Å². The number of nitrogens with one attached hydrogen (secondary N) is 3. The lowest BCUT2D eigenvalue weighted by molar-refractivity contribution is -0.124. The van der Waals surface area contributed by atoms with Crippen LogP contribution in [-0.4, -0.2) is 41.8 Å². The summed E-state index contributed by atoms with van der Waals surface area (Å²) in [6.07, 6.45) is -0.456. The van der Waals surface area contributed by atoms with Gasteiger partial charge in [0.25, 0.3) is 0 Å². The highest BCUT2D eigenvalue weighted by Crippen LogP contribution is 2.06. The van der Waals surface area contributed by atoms with Crippen molar-refractivity contribution in [2.45, 2.75) is 78.6 Å². The smallest absolute Gasteiger partial charge is 0.407 e. The van der Waals surface area contributed by atoms with E-state index in [0.717, 1.165) is 0 Å². The van der Waals surface area contributed by atoms with E-state index in [0.29, 0.717) is 6.54 Å². The van der Waals surface area contributed by atoms with E-state index in [-0.39, 0.29) is 23.5 Å². The molecule has 6 nitrogen and oxygen atoms in total. The monoisotopic (exact) mass is 301 g/mol. The lowest BCUT2D eigenvalue weighted by Crippen LogP contribution is -2.53. The first-order chi connectivity index (χ1) is 9.30. The topological polar surface area (TPSA) is 79.5 Å². The van der Waals surface area contributed by atoms with Gasteiger partial charge in [-0.2, -0.15) is 0 Å². The quantitative estimate of drug-likeness (QED) is 0.723. The maximum atomic E-state index is 11.9. The van der Waals surface area contributed by atoms with E-state index in [1.54, 1.807) is 6.92 Å². The summed E-state index contributed by atoms with van der Waals surface area (Å²) in [6.45, 7) is 15.3. The van der Waals surface area contributed by atoms with Crippen LogP contribution in [0.3, 0.4) is 0 Å². The van der Waals surface area contributed by atoms with Gasteiger partial charge in [0.1, 0.15) is 5.60 Å². The SMILES string of the molecule is CC(CNC(=O)OC(C)(C)C)NC(C)C(=O)NC(C)(C)C. The summed E-state index contributed by atoms with van der Waals surface area (Å²) in [5.74, 6) is -0.0633. The number of hydrogen-bond acceptors (Lipinski definition) is 4. The fourth-order valence-electron chi connectivity index (χ4n) is 1.59. The van der Waals surface area contributed by atoms with Crippen molar-refractivity contribution in [3.63, 3.8) is 0 Å². The van der Waals surface area contributed by atoms with Gasteiger partial charge < -0.3 is 20.7 Å². The van der Waals surface area contributed by atoms with Crippen LogP contribution in [-0.2, 0) is 9.53 Å². The molecule has 2 amide bonds. The molecule has 3 N–H and O–H groups in total. The van der Waals surface area contributed by atoms with Crippen molar-refractivity contribution >= 4 is 12.0 Å². The summed E-state index contributed by atoms with van der Waals surface area (Å²) in [5.41, 5.74) is -0.772. The Hall–Kier alpha value is -1.30. The maximum Gasteiger partial charge on any atom is 0.407 e. The average Bonchev–Trinajstić information content (AvgIpc) is 2.21. The van der Waals surface area contributed by atoms with Gasteiger partial charge in [-0.15, -0.1) is 0 Å². The fourth-order valence-corrected chi connectivity index (χ4v) is 1.59. The van der Waals surface area contributed by atoms with Crippen LogP contribution < -0.4 is 16.0 Å². The van der Waals surface area contributed by atoms with Gasteiger partial charge in [-0.25, -0.2) is 4.79 Å². The lowest BCUT2D eigenvalue weighted by atomic mass is 10.1. The van der Waals surface area contributed by atoms with Crippen molar-refractivity contribution in [3.05, 3.63) is 0 Å². The van der Waals surface area contributed by atoms with Gasteiger partial charge in [-0.05, 0) is 55.4 Å². The second kappa shape index (κ2) is 7.64. The molecule has 0 saturated heterocycles. The highest BCUT2D eigenvalue weighted by Gasteiger charge is 2.21. The van der Waals surface area contributed by atoms with Crippen molar-refractivity contribution in [3.8, 4) is 0 Å². The van der Waals surface area contributed by atoms with Crippen molar-refractivity contribution in [1.29, 1.82) is 0 Å². The molecule has 0 fully saturated rings. The summed E-state index contributed by atoms with van der Waals surface area (Å²) in [5, 5.41) is 8.72. The molecule has 2 atom stereocenters. The lowest BCUT2D eigenvalue weighted by Gasteiger charge is -2.26. The van der Waals surface area contributed by atoms with Gasteiger partial charge in [0.05, 0.1) is 6.04 Å². The average molecular weight is 301 g/mol. The standard InChI is InChI=1S/C15H31N3O3/c1-10(9-16-13(20)21-15(6,7)8)17-11(2)12(19)18-14(3,4)5/h10-11,17H,9H2,1-8H3,(H,16,20)(H,18,19). The molecule has 0 heterocycles. The summed E-state index contributed by atoms with van der Waals surface area (Å²) in [4.78, 5) is 23.5. The third kappa shape index (κ3) is 11.1. The minimum absolute atomic E-state index is 0.0433. The number of carbonyl (C=O) groups excluding carboxylic acids is 2. The molecule has 0 aromatic rings. The van der Waals surface area contributed by atoms with E-state index in [4.69, 9.17) is 4.74 Å². The number of carbonyl (C=O) groups is 2. The third-order valence-corrected chi connectivity index (χ3v) is 2.38. The minimum atomic E-state index is -0.513. The van der Waals surface area contributed by atoms with Crippen molar-refractivity contribution in [2.24, 2.45) is 0 Å². The van der Waals surface area contributed by atoms with Crippen molar-refractivity contribution in [2.75, 3.05) is 6.54 Å². The van der Waals surface area contributed by atoms with Gasteiger partial charge >= 0.3 is 6.09 Å². The summed E-state index contributed by atoms with van der Waals surface area (Å²) >= 11 is 0. The Kier molecular flexibility index (Phi) is 7.16. The molecule has 124 valence electrons. The molecular formula is C15H31N3O3. The van der Waals surface area contributed by atoms with E-state index >= 15 is 0 Å². The van der Waals surface area contributed by atoms with Gasteiger partial charge in [0.2, 0.25) is 5.91 Å². The summed E-state index contributed by atoms with van der Waals surface area (Å²) in [6, 6.07) is -0.377.